The number of aromatic nitrogens is 3. The van der Waals surface area contributed by atoms with Gasteiger partial charge in [-0.05, 0) is 49.7 Å². The van der Waals surface area contributed by atoms with E-state index < -0.39 is 0 Å². The summed E-state index contributed by atoms with van der Waals surface area (Å²) in [5.74, 6) is 0. The molecule has 0 radical (unpaired) electrons. The highest BCUT2D eigenvalue weighted by Crippen LogP contribution is 2.27. The zero-order valence-corrected chi connectivity index (χ0v) is 14.1. The van der Waals surface area contributed by atoms with Crippen LogP contribution in [0.4, 0.5) is 0 Å². The number of pyridine rings is 1. The van der Waals surface area contributed by atoms with Gasteiger partial charge in [-0.3, -0.25) is 0 Å². The van der Waals surface area contributed by atoms with Gasteiger partial charge in [0.1, 0.15) is 5.03 Å². The minimum Gasteiger partial charge on any atom is -0.310 e. The summed E-state index contributed by atoms with van der Waals surface area (Å²) in [6.45, 7) is 11.2. The van der Waals surface area contributed by atoms with E-state index in [0.717, 1.165) is 33.7 Å². The Morgan fingerprint density at radius 2 is 1.81 bits per heavy atom. The Hall–Kier alpha value is -1.46. The normalized spacial score (nSPS) is 11.1. The second-order valence-corrected chi connectivity index (χ2v) is 6.36. The number of hydrogen-bond acceptors (Lipinski definition) is 5. The fourth-order valence-electron chi connectivity index (χ4n) is 1.84. The highest BCUT2D eigenvalue weighted by Gasteiger charge is 2.10. The molecule has 0 saturated heterocycles. The highest BCUT2D eigenvalue weighted by molar-refractivity contribution is 7.99. The zero-order valence-electron chi connectivity index (χ0n) is 13.3. The van der Waals surface area contributed by atoms with Gasteiger partial charge in [0.15, 0.2) is 5.16 Å². The van der Waals surface area contributed by atoms with Crippen molar-refractivity contribution in [2.45, 2.75) is 57.4 Å². The molecule has 0 saturated carbocycles. The number of nitrogens with zero attached hydrogens (tertiary/aromatic N) is 3. The first-order valence-electron chi connectivity index (χ1n) is 7.14. The van der Waals surface area contributed by atoms with Crippen LogP contribution in [0.2, 0.25) is 0 Å². The van der Waals surface area contributed by atoms with Crippen molar-refractivity contribution in [1.82, 2.24) is 20.3 Å². The summed E-state index contributed by atoms with van der Waals surface area (Å²) in [5.41, 5.74) is 4.39. The lowest BCUT2D eigenvalue weighted by Gasteiger charge is -2.11. The molecule has 0 fully saturated rings. The fraction of sp³-hybridized carbons (Fsp3) is 0.438. The van der Waals surface area contributed by atoms with Crippen LogP contribution in [-0.4, -0.2) is 21.0 Å². The number of nitrogens with one attached hydrogen (secondary N) is 1. The van der Waals surface area contributed by atoms with E-state index in [1.807, 2.05) is 26.1 Å². The van der Waals surface area contributed by atoms with Crippen molar-refractivity contribution >= 4 is 11.8 Å². The molecule has 21 heavy (non-hydrogen) atoms. The predicted molar refractivity (Wildman–Crippen MR) is 86.6 cm³/mol. The molecule has 2 aromatic rings. The third kappa shape index (κ3) is 4.25. The predicted octanol–water partition coefficient (Wildman–Crippen LogP) is 3.45. The summed E-state index contributed by atoms with van der Waals surface area (Å²) >= 11 is 1.53. The molecule has 0 atom stereocenters. The Labute approximate surface area is 130 Å². The number of rotatable bonds is 5. The van der Waals surface area contributed by atoms with Crippen molar-refractivity contribution in [3.05, 3.63) is 40.8 Å². The van der Waals surface area contributed by atoms with Gasteiger partial charge in [0.05, 0.1) is 0 Å². The first kappa shape index (κ1) is 15.9. The molecule has 4 nitrogen and oxygen atoms in total. The molecule has 112 valence electrons. The summed E-state index contributed by atoms with van der Waals surface area (Å²) in [4.78, 5) is 13.6. The van der Waals surface area contributed by atoms with Gasteiger partial charge < -0.3 is 5.32 Å². The SMILES string of the molecule is Cc1nc(Sc2ncccc2CNC(C)C)nc(C)c1C. The van der Waals surface area contributed by atoms with Gasteiger partial charge in [0.25, 0.3) is 0 Å². The maximum absolute atomic E-state index is 4.56. The smallest absolute Gasteiger partial charge is 0.194 e. The lowest BCUT2D eigenvalue weighted by Crippen LogP contribution is -2.22. The van der Waals surface area contributed by atoms with Crippen LogP contribution in [0, 0.1) is 20.8 Å². The Kier molecular flexibility index (Phi) is 5.31. The lowest BCUT2D eigenvalue weighted by atomic mass is 10.2. The molecular weight excluding hydrogens is 280 g/mol. The highest BCUT2D eigenvalue weighted by atomic mass is 32.2. The van der Waals surface area contributed by atoms with E-state index in [2.05, 4.69) is 47.1 Å². The number of aryl methyl sites for hydroxylation is 2. The van der Waals surface area contributed by atoms with Crippen LogP contribution < -0.4 is 5.32 Å². The summed E-state index contributed by atoms with van der Waals surface area (Å²) in [7, 11) is 0. The molecule has 0 aliphatic heterocycles. The third-order valence-electron chi connectivity index (χ3n) is 3.35. The van der Waals surface area contributed by atoms with Crippen molar-refractivity contribution in [3.63, 3.8) is 0 Å². The Morgan fingerprint density at radius 1 is 1.14 bits per heavy atom. The van der Waals surface area contributed by atoms with Crippen LogP contribution in [0.15, 0.2) is 28.5 Å². The Morgan fingerprint density at radius 3 is 2.43 bits per heavy atom. The molecule has 2 rings (SSSR count). The van der Waals surface area contributed by atoms with Gasteiger partial charge in [-0.2, -0.15) is 0 Å². The van der Waals surface area contributed by atoms with Gasteiger partial charge in [-0.1, -0.05) is 19.9 Å². The molecule has 2 heterocycles. The van der Waals surface area contributed by atoms with E-state index in [1.54, 1.807) is 0 Å². The van der Waals surface area contributed by atoms with Gasteiger partial charge in [0.2, 0.25) is 0 Å². The van der Waals surface area contributed by atoms with Gasteiger partial charge in [-0.15, -0.1) is 0 Å². The first-order valence-corrected chi connectivity index (χ1v) is 7.96. The lowest BCUT2D eigenvalue weighted by molar-refractivity contribution is 0.582. The summed E-state index contributed by atoms with van der Waals surface area (Å²) in [6.07, 6.45) is 1.81. The third-order valence-corrected chi connectivity index (χ3v) is 4.28. The first-order chi connectivity index (χ1) is 9.97. The standard InChI is InChI=1S/C16H22N4S/c1-10(2)18-9-14-7-6-8-17-15(14)21-16-19-12(4)11(3)13(5)20-16/h6-8,10,18H,9H2,1-5H3. The minimum absolute atomic E-state index is 0.447. The second kappa shape index (κ2) is 7.00. The maximum Gasteiger partial charge on any atom is 0.194 e. The average molecular weight is 302 g/mol. The van der Waals surface area contributed by atoms with E-state index in [1.165, 1.54) is 17.3 Å². The zero-order chi connectivity index (χ0) is 15.4. The van der Waals surface area contributed by atoms with Gasteiger partial charge in [0, 0.05) is 30.2 Å². The second-order valence-electron chi connectivity index (χ2n) is 5.41. The van der Waals surface area contributed by atoms with Crippen LogP contribution in [0.3, 0.4) is 0 Å². The van der Waals surface area contributed by atoms with Crippen molar-refractivity contribution in [2.24, 2.45) is 0 Å². The van der Waals surface area contributed by atoms with Crippen LogP contribution in [0.25, 0.3) is 0 Å². The van der Waals surface area contributed by atoms with Gasteiger partial charge >= 0.3 is 0 Å². The van der Waals surface area contributed by atoms with E-state index in [0.29, 0.717) is 6.04 Å². The largest absolute Gasteiger partial charge is 0.310 e. The molecule has 0 bridgehead atoms. The maximum atomic E-state index is 4.56. The fourth-order valence-corrected chi connectivity index (χ4v) is 2.76. The monoisotopic (exact) mass is 302 g/mol. The van der Waals surface area contributed by atoms with Crippen LogP contribution in [-0.2, 0) is 6.54 Å². The molecule has 0 aliphatic carbocycles. The Bertz CT molecular complexity index is 602. The molecule has 0 unspecified atom stereocenters. The topological polar surface area (TPSA) is 50.7 Å². The van der Waals surface area contributed by atoms with Crippen molar-refractivity contribution < 1.29 is 0 Å². The van der Waals surface area contributed by atoms with E-state index in [4.69, 9.17) is 0 Å². The molecule has 5 heteroatoms. The van der Waals surface area contributed by atoms with Crippen molar-refractivity contribution in [3.8, 4) is 0 Å². The van der Waals surface area contributed by atoms with Crippen LogP contribution in [0.1, 0.15) is 36.4 Å². The molecule has 2 aromatic heterocycles. The summed E-state index contributed by atoms with van der Waals surface area (Å²) in [6, 6.07) is 4.51. The van der Waals surface area contributed by atoms with Crippen LogP contribution in [0.5, 0.6) is 0 Å². The van der Waals surface area contributed by atoms with Crippen LogP contribution >= 0.6 is 11.8 Å². The van der Waals surface area contributed by atoms with Crippen molar-refractivity contribution in [1.29, 1.82) is 0 Å². The molecule has 1 N–H and O–H groups in total. The van der Waals surface area contributed by atoms with Gasteiger partial charge in [-0.25, -0.2) is 15.0 Å². The molecule has 0 aliphatic rings. The average Bonchev–Trinajstić information content (AvgIpc) is 2.43. The summed E-state index contributed by atoms with van der Waals surface area (Å²) in [5, 5.41) is 5.16. The molecular formula is C16H22N4S. The Balaban J connectivity index is 2.23. The molecule has 0 amide bonds. The number of hydrogen-bond donors (Lipinski definition) is 1. The van der Waals surface area contributed by atoms with E-state index in [-0.39, 0.29) is 0 Å². The minimum atomic E-state index is 0.447. The van der Waals surface area contributed by atoms with E-state index in [9.17, 15) is 0 Å². The van der Waals surface area contributed by atoms with Crippen molar-refractivity contribution in [2.75, 3.05) is 0 Å². The quantitative estimate of drug-likeness (QED) is 0.857. The van der Waals surface area contributed by atoms with E-state index >= 15 is 0 Å². The molecule has 0 aromatic carbocycles. The molecule has 0 spiro atoms. The summed E-state index contributed by atoms with van der Waals surface area (Å²) < 4.78 is 0.